The van der Waals surface area contributed by atoms with Crippen molar-refractivity contribution in [2.24, 2.45) is 0 Å². The summed E-state index contributed by atoms with van der Waals surface area (Å²) in [7, 11) is -3.14. The van der Waals surface area contributed by atoms with E-state index in [1.54, 1.807) is 13.8 Å². The largest absolute Gasteiger partial charge is 0.405 e. The van der Waals surface area contributed by atoms with Crippen LogP contribution in [0.1, 0.15) is 39.5 Å². The van der Waals surface area contributed by atoms with Crippen LogP contribution in [0, 0.1) is 11.6 Å². The summed E-state index contributed by atoms with van der Waals surface area (Å²) in [6.07, 6.45) is 4.21. The van der Waals surface area contributed by atoms with Crippen LogP contribution in [0.4, 0.5) is 0 Å². The summed E-state index contributed by atoms with van der Waals surface area (Å²) < 4.78 is 23.2. The third kappa shape index (κ3) is 8.58. The molecule has 5 heteroatoms. The Morgan fingerprint density at radius 3 is 2.25 bits per heavy atom. The van der Waals surface area contributed by atoms with Gasteiger partial charge in [-0.1, -0.05) is 34.9 Å². The van der Waals surface area contributed by atoms with Gasteiger partial charge in [0.25, 0.3) is 0 Å². The average molecular weight is 358 g/mol. The zero-order valence-electron chi connectivity index (χ0n) is 10.00. The smallest absolute Gasteiger partial charge is 0.300 e. The van der Waals surface area contributed by atoms with Crippen molar-refractivity contribution in [2.75, 3.05) is 17.6 Å². The Labute approximate surface area is 112 Å². The van der Waals surface area contributed by atoms with E-state index in [1.807, 2.05) is 0 Å². The van der Waals surface area contributed by atoms with Crippen molar-refractivity contribution >= 4 is 30.2 Å². The molecule has 0 atom stereocenters. The molecule has 0 aromatic heterocycles. The topological polar surface area (TPSA) is 35.5 Å². The van der Waals surface area contributed by atoms with E-state index in [2.05, 4.69) is 34.2 Å². The summed E-state index contributed by atoms with van der Waals surface area (Å²) in [4.78, 5) is 0. The molecule has 0 saturated carbocycles. The van der Waals surface area contributed by atoms with Gasteiger partial charge in [0.05, 0.1) is 13.2 Å². The lowest BCUT2D eigenvalue weighted by Crippen LogP contribution is -1.93. The highest BCUT2D eigenvalue weighted by atomic mass is 127. The maximum absolute atomic E-state index is 11.9. The van der Waals surface area contributed by atoms with Crippen molar-refractivity contribution in [3.05, 3.63) is 0 Å². The molecule has 0 radical (unpaired) electrons. The van der Waals surface area contributed by atoms with Crippen LogP contribution in [-0.2, 0) is 13.6 Å². The van der Waals surface area contributed by atoms with Gasteiger partial charge in [0, 0.05) is 12.1 Å². The summed E-state index contributed by atoms with van der Waals surface area (Å²) in [6.45, 7) is 4.29. The zero-order valence-corrected chi connectivity index (χ0v) is 13.1. The molecular formula is C11H20IO3P. The molecule has 0 unspecified atom stereocenters. The molecular weight excluding hydrogens is 338 g/mol. The SMILES string of the molecule is CCOP(=O)(C#CCCCCCI)OCC. The van der Waals surface area contributed by atoms with Gasteiger partial charge in [-0.15, -0.1) is 0 Å². The van der Waals surface area contributed by atoms with Crippen LogP contribution in [0.5, 0.6) is 0 Å². The number of hydrogen-bond acceptors (Lipinski definition) is 3. The van der Waals surface area contributed by atoms with E-state index in [0.717, 1.165) is 12.8 Å². The first-order valence-electron chi connectivity index (χ1n) is 5.63. The van der Waals surface area contributed by atoms with E-state index >= 15 is 0 Å². The normalized spacial score (nSPS) is 10.9. The van der Waals surface area contributed by atoms with Gasteiger partial charge in [-0.2, -0.15) is 0 Å². The van der Waals surface area contributed by atoms with Crippen LogP contribution in [0.15, 0.2) is 0 Å². The van der Waals surface area contributed by atoms with E-state index in [0.29, 0.717) is 13.2 Å². The molecule has 0 bridgehead atoms. The molecule has 0 spiro atoms. The second-order valence-corrected chi connectivity index (χ2v) is 5.93. The minimum atomic E-state index is -3.14. The average Bonchev–Trinajstić information content (AvgIpc) is 2.24. The standard InChI is InChI=1S/C11H20IO3P/c1-3-14-16(13,15-4-2)11-9-7-5-6-8-10-12/h3-8,10H2,1-2H3. The maximum Gasteiger partial charge on any atom is 0.405 e. The van der Waals surface area contributed by atoms with Crippen molar-refractivity contribution in [2.45, 2.75) is 39.5 Å². The van der Waals surface area contributed by atoms with Crippen molar-refractivity contribution in [3.63, 3.8) is 0 Å². The molecule has 0 heterocycles. The van der Waals surface area contributed by atoms with Crippen LogP contribution in [0.25, 0.3) is 0 Å². The van der Waals surface area contributed by atoms with E-state index in [4.69, 9.17) is 9.05 Å². The van der Waals surface area contributed by atoms with Crippen LogP contribution < -0.4 is 0 Å². The van der Waals surface area contributed by atoms with Gasteiger partial charge >= 0.3 is 7.60 Å². The van der Waals surface area contributed by atoms with E-state index in [-0.39, 0.29) is 0 Å². The van der Waals surface area contributed by atoms with Gasteiger partial charge in [-0.3, -0.25) is 9.05 Å². The molecule has 0 aromatic carbocycles. The Kier molecular flexibility index (Phi) is 10.9. The Balaban J connectivity index is 3.99. The Morgan fingerprint density at radius 2 is 1.75 bits per heavy atom. The van der Waals surface area contributed by atoms with Gasteiger partial charge in [-0.25, -0.2) is 4.57 Å². The minimum Gasteiger partial charge on any atom is -0.300 e. The fourth-order valence-electron chi connectivity index (χ4n) is 1.08. The summed E-state index contributed by atoms with van der Waals surface area (Å²) in [5.41, 5.74) is 2.63. The highest BCUT2D eigenvalue weighted by molar-refractivity contribution is 14.1. The summed E-state index contributed by atoms with van der Waals surface area (Å²) >= 11 is 2.36. The molecule has 0 aromatic rings. The van der Waals surface area contributed by atoms with Crippen molar-refractivity contribution < 1.29 is 13.6 Å². The van der Waals surface area contributed by atoms with Gasteiger partial charge < -0.3 is 0 Å². The van der Waals surface area contributed by atoms with Crippen molar-refractivity contribution in [3.8, 4) is 11.6 Å². The summed E-state index contributed by atoms with van der Waals surface area (Å²) in [5.74, 6) is 2.89. The Bertz CT molecular complexity index is 260. The second kappa shape index (κ2) is 10.6. The highest BCUT2D eigenvalue weighted by Gasteiger charge is 2.19. The monoisotopic (exact) mass is 358 g/mol. The first-order chi connectivity index (χ1) is 7.68. The maximum atomic E-state index is 11.9. The molecule has 94 valence electrons. The first-order valence-corrected chi connectivity index (χ1v) is 8.70. The molecule has 0 aliphatic carbocycles. The zero-order chi connectivity index (χ0) is 12.3. The molecule has 16 heavy (non-hydrogen) atoms. The lowest BCUT2D eigenvalue weighted by atomic mass is 10.2. The van der Waals surface area contributed by atoms with Gasteiger partial charge in [0.2, 0.25) is 0 Å². The molecule has 0 amide bonds. The number of hydrogen-bond donors (Lipinski definition) is 0. The lowest BCUT2D eigenvalue weighted by molar-refractivity contribution is 0.230. The van der Waals surface area contributed by atoms with Gasteiger partial charge in [0.15, 0.2) is 0 Å². The molecule has 0 aliphatic rings. The van der Waals surface area contributed by atoms with E-state index < -0.39 is 7.60 Å². The molecule has 0 saturated heterocycles. The van der Waals surface area contributed by atoms with E-state index in [9.17, 15) is 4.57 Å². The molecule has 0 rings (SSSR count). The molecule has 3 nitrogen and oxygen atoms in total. The molecule has 0 N–H and O–H groups in total. The van der Waals surface area contributed by atoms with Crippen LogP contribution in [-0.4, -0.2) is 17.6 Å². The third-order valence-corrected chi connectivity index (χ3v) is 4.14. The van der Waals surface area contributed by atoms with Crippen molar-refractivity contribution in [1.82, 2.24) is 0 Å². The van der Waals surface area contributed by atoms with Gasteiger partial charge in [-0.05, 0) is 31.1 Å². The summed E-state index contributed by atoms with van der Waals surface area (Å²) in [6, 6.07) is 0. The van der Waals surface area contributed by atoms with Gasteiger partial charge in [0.1, 0.15) is 0 Å². The Morgan fingerprint density at radius 1 is 1.12 bits per heavy atom. The number of rotatable bonds is 8. The lowest BCUT2D eigenvalue weighted by Gasteiger charge is -2.09. The number of alkyl halides is 1. The van der Waals surface area contributed by atoms with Crippen LogP contribution in [0.3, 0.4) is 0 Å². The molecule has 0 fully saturated rings. The van der Waals surface area contributed by atoms with Crippen LogP contribution in [0.2, 0.25) is 0 Å². The van der Waals surface area contributed by atoms with Crippen molar-refractivity contribution in [1.29, 1.82) is 0 Å². The first kappa shape index (κ1) is 16.4. The second-order valence-electron chi connectivity index (χ2n) is 3.12. The quantitative estimate of drug-likeness (QED) is 0.214. The minimum absolute atomic E-state index is 0.362. The predicted molar refractivity (Wildman–Crippen MR) is 76.0 cm³/mol. The number of halogens is 1. The molecule has 0 aliphatic heterocycles. The fourth-order valence-corrected chi connectivity index (χ4v) is 2.81. The van der Waals surface area contributed by atoms with Crippen LogP contribution >= 0.6 is 30.2 Å². The predicted octanol–water partition coefficient (Wildman–Crippen LogP) is 4.21. The highest BCUT2D eigenvalue weighted by Crippen LogP contribution is 2.46. The summed E-state index contributed by atoms with van der Waals surface area (Å²) in [5, 5.41) is 0. The number of unbranched alkanes of at least 4 members (excludes halogenated alkanes) is 3. The fraction of sp³-hybridized carbons (Fsp3) is 0.818. The third-order valence-electron chi connectivity index (χ3n) is 1.75. The Hall–Kier alpha value is 0.440. The van der Waals surface area contributed by atoms with E-state index in [1.165, 1.54) is 17.3 Å².